The zero-order chi connectivity index (χ0) is 15.4. The third-order valence-electron chi connectivity index (χ3n) is 3.53. The summed E-state index contributed by atoms with van der Waals surface area (Å²) in [5.41, 5.74) is 8.31. The van der Waals surface area contributed by atoms with Gasteiger partial charge in [-0.1, -0.05) is 35.9 Å². The lowest BCUT2D eigenvalue weighted by molar-refractivity contribution is 0.211. The van der Waals surface area contributed by atoms with Gasteiger partial charge < -0.3 is 5.73 Å². The van der Waals surface area contributed by atoms with Crippen LogP contribution in [0, 0.1) is 5.82 Å². The van der Waals surface area contributed by atoms with E-state index in [-0.39, 0.29) is 17.9 Å². The molecule has 0 saturated carbocycles. The molecular formula is C17H20ClFN2. The SMILES string of the molecule is CC(N)C(c1ccc(F)cc1)N(C)Cc1ccc(Cl)cc1. The molecule has 0 fully saturated rings. The predicted molar refractivity (Wildman–Crippen MR) is 85.7 cm³/mol. The van der Waals surface area contributed by atoms with Crippen LogP contribution in [0.4, 0.5) is 4.39 Å². The summed E-state index contributed by atoms with van der Waals surface area (Å²) in [7, 11) is 2.02. The van der Waals surface area contributed by atoms with Gasteiger partial charge in [-0.15, -0.1) is 0 Å². The third-order valence-corrected chi connectivity index (χ3v) is 3.78. The molecule has 2 unspecified atom stereocenters. The molecule has 112 valence electrons. The minimum atomic E-state index is -0.234. The Bertz CT molecular complexity index is 566. The number of rotatable bonds is 5. The molecule has 0 radical (unpaired) electrons. The Balaban J connectivity index is 2.17. The van der Waals surface area contributed by atoms with Crippen LogP contribution in [0.1, 0.15) is 24.1 Å². The van der Waals surface area contributed by atoms with Crippen molar-refractivity contribution in [3.8, 4) is 0 Å². The number of halogens is 2. The molecular weight excluding hydrogens is 287 g/mol. The van der Waals surface area contributed by atoms with Crippen molar-refractivity contribution >= 4 is 11.6 Å². The highest BCUT2D eigenvalue weighted by molar-refractivity contribution is 6.30. The highest BCUT2D eigenvalue weighted by Gasteiger charge is 2.21. The topological polar surface area (TPSA) is 29.3 Å². The van der Waals surface area contributed by atoms with Crippen LogP contribution in [0.25, 0.3) is 0 Å². The Morgan fingerprint density at radius 1 is 1.10 bits per heavy atom. The monoisotopic (exact) mass is 306 g/mol. The molecule has 0 saturated heterocycles. The van der Waals surface area contributed by atoms with E-state index in [1.54, 1.807) is 12.1 Å². The van der Waals surface area contributed by atoms with Crippen molar-refractivity contribution in [1.82, 2.24) is 4.90 Å². The molecule has 2 aromatic carbocycles. The zero-order valence-corrected chi connectivity index (χ0v) is 13.0. The van der Waals surface area contributed by atoms with E-state index in [2.05, 4.69) is 4.90 Å². The summed E-state index contributed by atoms with van der Waals surface area (Å²) in [6.45, 7) is 2.72. The number of nitrogens with zero attached hydrogens (tertiary/aromatic N) is 1. The molecule has 2 atom stereocenters. The molecule has 0 bridgehead atoms. The van der Waals surface area contributed by atoms with Crippen LogP contribution in [0.5, 0.6) is 0 Å². The van der Waals surface area contributed by atoms with Gasteiger partial charge in [-0.2, -0.15) is 0 Å². The summed E-state index contributed by atoms with van der Waals surface area (Å²) < 4.78 is 13.1. The number of nitrogens with two attached hydrogens (primary N) is 1. The van der Waals surface area contributed by atoms with Crippen molar-refractivity contribution in [2.45, 2.75) is 25.6 Å². The molecule has 0 aliphatic heterocycles. The minimum absolute atomic E-state index is 0.0290. The van der Waals surface area contributed by atoms with E-state index in [1.165, 1.54) is 12.1 Å². The average Bonchev–Trinajstić information content (AvgIpc) is 2.43. The quantitative estimate of drug-likeness (QED) is 0.904. The Labute approximate surface area is 130 Å². The molecule has 0 heterocycles. The first-order valence-corrected chi connectivity index (χ1v) is 7.31. The molecule has 2 rings (SSSR count). The Morgan fingerprint density at radius 2 is 1.67 bits per heavy atom. The molecule has 4 heteroatoms. The van der Waals surface area contributed by atoms with Crippen LogP contribution in [-0.2, 0) is 6.54 Å². The summed E-state index contributed by atoms with van der Waals surface area (Å²) in [6, 6.07) is 14.3. The summed E-state index contributed by atoms with van der Waals surface area (Å²) >= 11 is 5.90. The van der Waals surface area contributed by atoms with Gasteiger partial charge in [0.25, 0.3) is 0 Å². The molecule has 0 amide bonds. The molecule has 0 aliphatic rings. The summed E-state index contributed by atoms with van der Waals surface area (Å²) in [5.74, 6) is -0.234. The molecule has 21 heavy (non-hydrogen) atoms. The van der Waals surface area contributed by atoms with E-state index >= 15 is 0 Å². The third kappa shape index (κ3) is 4.27. The average molecular weight is 307 g/mol. The van der Waals surface area contributed by atoms with E-state index in [0.717, 1.165) is 22.7 Å². The van der Waals surface area contributed by atoms with E-state index in [0.29, 0.717) is 0 Å². The number of hydrogen-bond donors (Lipinski definition) is 1. The van der Waals surface area contributed by atoms with Gasteiger partial charge >= 0.3 is 0 Å². The first kappa shape index (κ1) is 16.0. The smallest absolute Gasteiger partial charge is 0.123 e. The number of hydrogen-bond acceptors (Lipinski definition) is 2. The Morgan fingerprint density at radius 3 is 2.19 bits per heavy atom. The first-order valence-electron chi connectivity index (χ1n) is 6.93. The Kier molecular flexibility index (Phi) is 5.34. The van der Waals surface area contributed by atoms with E-state index in [9.17, 15) is 4.39 Å². The van der Waals surface area contributed by atoms with Crippen LogP contribution < -0.4 is 5.73 Å². The summed E-state index contributed by atoms with van der Waals surface area (Å²) in [4.78, 5) is 2.17. The van der Waals surface area contributed by atoms with Crippen molar-refractivity contribution in [2.75, 3.05) is 7.05 Å². The molecule has 0 aliphatic carbocycles. The molecule has 2 aromatic rings. The lowest BCUT2D eigenvalue weighted by Crippen LogP contribution is -2.36. The van der Waals surface area contributed by atoms with Gasteiger partial charge in [0.15, 0.2) is 0 Å². The second-order valence-corrected chi connectivity index (χ2v) is 5.83. The fraction of sp³-hybridized carbons (Fsp3) is 0.294. The molecule has 0 aromatic heterocycles. The van der Waals surface area contributed by atoms with E-state index < -0.39 is 0 Å². The van der Waals surface area contributed by atoms with Crippen molar-refractivity contribution in [3.05, 3.63) is 70.5 Å². The van der Waals surface area contributed by atoms with Crippen molar-refractivity contribution in [1.29, 1.82) is 0 Å². The van der Waals surface area contributed by atoms with Gasteiger partial charge in [-0.05, 0) is 49.4 Å². The lowest BCUT2D eigenvalue weighted by atomic mass is 9.99. The van der Waals surface area contributed by atoms with Gasteiger partial charge in [0.1, 0.15) is 5.82 Å². The van der Waals surface area contributed by atoms with Gasteiger partial charge in [0, 0.05) is 23.7 Å². The van der Waals surface area contributed by atoms with E-state index in [4.69, 9.17) is 17.3 Å². The summed E-state index contributed by atoms with van der Waals surface area (Å²) in [5, 5.41) is 0.726. The van der Waals surface area contributed by atoms with Crippen LogP contribution in [-0.4, -0.2) is 18.0 Å². The second-order valence-electron chi connectivity index (χ2n) is 5.40. The maximum absolute atomic E-state index is 13.1. The fourth-order valence-electron chi connectivity index (χ4n) is 2.60. The predicted octanol–water partition coefficient (Wildman–Crippen LogP) is 4.00. The number of likely N-dealkylation sites (N-methyl/N-ethyl adjacent to an activating group) is 1. The van der Waals surface area contributed by atoms with Crippen LogP contribution in [0.2, 0.25) is 5.02 Å². The normalized spacial score (nSPS) is 14.2. The second kappa shape index (κ2) is 7.03. The van der Waals surface area contributed by atoms with Gasteiger partial charge in [-0.3, -0.25) is 4.90 Å². The van der Waals surface area contributed by atoms with Crippen LogP contribution >= 0.6 is 11.6 Å². The highest BCUT2D eigenvalue weighted by Crippen LogP contribution is 2.24. The maximum atomic E-state index is 13.1. The van der Waals surface area contributed by atoms with Gasteiger partial charge in [0.2, 0.25) is 0 Å². The lowest BCUT2D eigenvalue weighted by Gasteiger charge is -2.31. The largest absolute Gasteiger partial charge is 0.326 e. The zero-order valence-electron chi connectivity index (χ0n) is 12.3. The van der Waals surface area contributed by atoms with Gasteiger partial charge in [-0.25, -0.2) is 4.39 Å². The highest BCUT2D eigenvalue weighted by atomic mass is 35.5. The summed E-state index contributed by atoms with van der Waals surface area (Å²) in [6.07, 6.45) is 0. The minimum Gasteiger partial charge on any atom is -0.326 e. The van der Waals surface area contributed by atoms with Gasteiger partial charge in [0.05, 0.1) is 0 Å². The van der Waals surface area contributed by atoms with E-state index in [1.807, 2.05) is 38.2 Å². The molecule has 2 nitrogen and oxygen atoms in total. The van der Waals surface area contributed by atoms with Crippen LogP contribution in [0.15, 0.2) is 48.5 Å². The maximum Gasteiger partial charge on any atom is 0.123 e. The van der Waals surface area contributed by atoms with Crippen molar-refractivity contribution < 1.29 is 4.39 Å². The van der Waals surface area contributed by atoms with Crippen molar-refractivity contribution in [3.63, 3.8) is 0 Å². The van der Waals surface area contributed by atoms with Crippen molar-refractivity contribution in [2.24, 2.45) is 5.73 Å². The molecule has 2 N–H and O–H groups in total. The number of benzene rings is 2. The molecule has 0 spiro atoms. The standard InChI is InChI=1S/C17H20ClFN2/c1-12(20)17(14-5-9-16(19)10-6-14)21(2)11-13-3-7-15(18)8-4-13/h3-10,12,17H,11,20H2,1-2H3. The fourth-order valence-corrected chi connectivity index (χ4v) is 2.72. The Hall–Kier alpha value is -1.42. The first-order chi connectivity index (χ1) is 9.97. The van der Waals surface area contributed by atoms with Crippen LogP contribution in [0.3, 0.4) is 0 Å².